The Bertz CT molecular complexity index is 362. The third-order valence-electron chi connectivity index (χ3n) is 2.47. The zero-order valence-corrected chi connectivity index (χ0v) is 10.7. The number of aromatic nitrogens is 1. The van der Waals surface area contributed by atoms with Gasteiger partial charge in [-0.05, 0) is 12.8 Å². The second-order valence-electron chi connectivity index (χ2n) is 4.03. The minimum atomic E-state index is -0.891. The fourth-order valence-electron chi connectivity index (χ4n) is 1.60. The lowest BCUT2D eigenvalue weighted by molar-refractivity contribution is -0.152. The Morgan fingerprint density at radius 2 is 2.19 bits per heavy atom. The lowest BCUT2D eigenvalue weighted by Gasteiger charge is -2.22. The minimum absolute atomic E-state index is 0.00413. The third-order valence-corrected chi connectivity index (χ3v) is 3.26. The smallest absolute Gasteiger partial charge is 0.311 e. The molecule has 0 fully saturated rings. The summed E-state index contributed by atoms with van der Waals surface area (Å²) >= 11 is 1.46. The van der Waals surface area contributed by atoms with Gasteiger partial charge in [-0.25, -0.2) is 4.98 Å². The molecule has 0 aliphatic carbocycles. The summed E-state index contributed by atoms with van der Waals surface area (Å²) in [6.07, 6.45) is -0.891. The van der Waals surface area contributed by atoms with E-state index in [-0.39, 0.29) is 5.92 Å². The average molecular weight is 243 g/mol. The molecule has 0 radical (unpaired) electrons. The van der Waals surface area contributed by atoms with Crippen molar-refractivity contribution in [1.82, 2.24) is 4.98 Å². The van der Waals surface area contributed by atoms with Gasteiger partial charge in [0.1, 0.15) is 6.10 Å². The van der Waals surface area contributed by atoms with E-state index in [4.69, 9.17) is 4.74 Å². The van der Waals surface area contributed by atoms with Gasteiger partial charge < -0.3 is 9.84 Å². The quantitative estimate of drug-likeness (QED) is 0.821. The van der Waals surface area contributed by atoms with Gasteiger partial charge in [0.2, 0.25) is 0 Å². The molecule has 5 heteroatoms. The molecular weight excluding hydrogens is 226 g/mol. The summed E-state index contributed by atoms with van der Waals surface area (Å²) in [6, 6.07) is 0. The normalized spacial score (nSPS) is 14.9. The van der Waals surface area contributed by atoms with Crippen LogP contribution < -0.4 is 0 Å². The SMILES string of the molecule is COC(=O)C(C(C)C)C(O)c1csc(C)n1. The van der Waals surface area contributed by atoms with Gasteiger partial charge in [-0.2, -0.15) is 0 Å². The largest absolute Gasteiger partial charge is 0.469 e. The Morgan fingerprint density at radius 1 is 1.56 bits per heavy atom. The van der Waals surface area contributed by atoms with Crippen molar-refractivity contribution in [3.05, 3.63) is 16.1 Å². The number of aliphatic hydroxyl groups excluding tert-OH is 1. The molecule has 1 aromatic rings. The fraction of sp³-hybridized carbons (Fsp3) is 0.636. The second kappa shape index (κ2) is 5.41. The standard InChI is InChI=1S/C11H17NO3S/c1-6(2)9(11(14)15-4)10(13)8-5-16-7(3)12-8/h5-6,9-10,13H,1-4H3. The van der Waals surface area contributed by atoms with E-state index in [9.17, 15) is 9.90 Å². The highest BCUT2D eigenvalue weighted by Gasteiger charge is 2.33. The fourth-order valence-corrected chi connectivity index (χ4v) is 2.24. The van der Waals surface area contributed by atoms with Crippen LogP contribution in [0.15, 0.2) is 5.38 Å². The number of hydrogen-bond acceptors (Lipinski definition) is 5. The maximum atomic E-state index is 11.6. The highest BCUT2D eigenvalue weighted by molar-refractivity contribution is 7.09. The maximum absolute atomic E-state index is 11.6. The van der Waals surface area contributed by atoms with Crippen LogP contribution in [0.2, 0.25) is 0 Å². The lowest BCUT2D eigenvalue weighted by Crippen LogP contribution is -2.28. The molecule has 0 amide bonds. The van der Waals surface area contributed by atoms with Crippen LogP contribution in [0.4, 0.5) is 0 Å². The van der Waals surface area contributed by atoms with Crippen molar-refractivity contribution in [1.29, 1.82) is 0 Å². The highest BCUT2D eigenvalue weighted by Crippen LogP contribution is 2.29. The molecule has 1 N–H and O–H groups in total. The molecule has 0 bridgehead atoms. The van der Waals surface area contributed by atoms with E-state index >= 15 is 0 Å². The molecule has 1 heterocycles. The molecule has 2 atom stereocenters. The first-order valence-electron chi connectivity index (χ1n) is 5.15. The Labute approximate surface area is 99.3 Å². The monoisotopic (exact) mass is 243 g/mol. The summed E-state index contributed by atoms with van der Waals surface area (Å²) in [5, 5.41) is 12.8. The van der Waals surface area contributed by atoms with Gasteiger partial charge >= 0.3 is 5.97 Å². The molecule has 1 aromatic heterocycles. The van der Waals surface area contributed by atoms with Gasteiger partial charge in [0.25, 0.3) is 0 Å². The molecule has 1 rings (SSSR count). The molecule has 0 spiro atoms. The predicted molar refractivity (Wildman–Crippen MR) is 62.2 cm³/mol. The van der Waals surface area contributed by atoms with Crippen LogP contribution in [0.1, 0.15) is 30.7 Å². The number of methoxy groups -OCH3 is 1. The van der Waals surface area contributed by atoms with Crippen LogP contribution in [-0.2, 0) is 9.53 Å². The molecule has 90 valence electrons. The number of carbonyl (C=O) groups excluding carboxylic acids is 1. The summed E-state index contributed by atoms with van der Waals surface area (Å²) in [6.45, 7) is 5.62. The lowest BCUT2D eigenvalue weighted by atomic mass is 9.89. The molecule has 0 saturated heterocycles. The Hall–Kier alpha value is -0.940. The molecule has 0 saturated carbocycles. The van der Waals surface area contributed by atoms with E-state index in [1.807, 2.05) is 20.8 Å². The van der Waals surface area contributed by atoms with Crippen molar-refractivity contribution in [2.24, 2.45) is 11.8 Å². The number of aliphatic hydroxyl groups is 1. The third kappa shape index (κ3) is 2.80. The first-order chi connectivity index (χ1) is 7.47. The van der Waals surface area contributed by atoms with Crippen LogP contribution >= 0.6 is 11.3 Å². The predicted octanol–water partition coefficient (Wildman–Crippen LogP) is 1.93. The van der Waals surface area contributed by atoms with Gasteiger partial charge in [0, 0.05) is 5.38 Å². The Kier molecular flexibility index (Phi) is 4.44. The maximum Gasteiger partial charge on any atom is 0.311 e. The molecule has 4 nitrogen and oxygen atoms in total. The molecule has 0 aliphatic rings. The van der Waals surface area contributed by atoms with Crippen molar-refractivity contribution in [3.8, 4) is 0 Å². The van der Waals surface area contributed by atoms with E-state index in [0.717, 1.165) is 5.01 Å². The van der Waals surface area contributed by atoms with Crippen LogP contribution in [0, 0.1) is 18.8 Å². The van der Waals surface area contributed by atoms with Gasteiger partial charge in [-0.15, -0.1) is 11.3 Å². The van der Waals surface area contributed by atoms with Crippen molar-refractivity contribution in [2.45, 2.75) is 26.9 Å². The number of rotatable bonds is 4. The number of thiazole rings is 1. The van der Waals surface area contributed by atoms with Crippen LogP contribution in [0.5, 0.6) is 0 Å². The van der Waals surface area contributed by atoms with Crippen molar-refractivity contribution in [2.75, 3.05) is 7.11 Å². The average Bonchev–Trinajstić information content (AvgIpc) is 2.64. The minimum Gasteiger partial charge on any atom is -0.469 e. The van der Waals surface area contributed by atoms with Gasteiger partial charge in [0.05, 0.1) is 23.7 Å². The van der Waals surface area contributed by atoms with E-state index in [0.29, 0.717) is 5.69 Å². The van der Waals surface area contributed by atoms with Gasteiger partial charge in [-0.1, -0.05) is 13.8 Å². The number of hydrogen-bond donors (Lipinski definition) is 1. The first kappa shape index (κ1) is 13.1. The number of nitrogens with zero attached hydrogens (tertiary/aromatic N) is 1. The van der Waals surface area contributed by atoms with Crippen molar-refractivity contribution >= 4 is 17.3 Å². The summed E-state index contributed by atoms with van der Waals surface area (Å²) in [5.74, 6) is -0.955. The molecule has 0 aliphatic heterocycles. The van der Waals surface area contributed by atoms with Gasteiger partial charge in [-0.3, -0.25) is 4.79 Å². The Balaban J connectivity index is 2.91. The van der Waals surface area contributed by atoms with E-state index < -0.39 is 18.0 Å². The van der Waals surface area contributed by atoms with Crippen LogP contribution in [0.25, 0.3) is 0 Å². The number of ether oxygens (including phenoxy) is 1. The molecular formula is C11H17NO3S. The molecule has 0 aromatic carbocycles. The molecule has 16 heavy (non-hydrogen) atoms. The van der Waals surface area contributed by atoms with Crippen molar-refractivity contribution < 1.29 is 14.6 Å². The Morgan fingerprint density at radius 3 is 2.56 bits per heavy atom. The van der Waals surface area contributed by atoms with Crippen molar-refractivity contribution in [3.63, 3.8) is 0 Å². The topological polar surface area (TPSA) is 59.4 Å². The second-order valence-corrected chi connectivity index (χ2v) is 5.09. The summed E-state index contributed by atoms with van der Waals surface area (Å²) in [4.78, 5) is 15.8. The number of carbonyl (C=O) groups is 1. The van der Waals surface area contributed by atoms with E-state index in [1.54, 1.807) is 5.38 Å². The van der Waals surface area contributed by atoms with Crippen LogP contribution in [-0.4, -0.2) is 23.2 Å². The van der Waals surface area contributed by atoms with Gasteiger partial charge in [0.15, 0.2) is 0 Å². The van der Waals surface area contributed by atoms with E-state index in [1.165, 1.54) is 18.4 Å². The first-order valence-corrected chi connectivity index (χ1v) is 6.03. The summed E-state index contributed by atoms with van der Waals surface area (Å²) in [5.41, 5.74) is 0.548. The number of esters is 1. The molecule has 2 unspecified atom stereocenters. The zero-order valence-electron chi connectivity index (χ0n) is 9.93. The van der Waals surface area contributed by atoms with Crippen LogP contribution in [0.3, 0.4) is 0 Å². The number of aryl methyl sites for hydroxylation is 1. The van der Waals surface area contributed by atoms with E-state index in [2.05, 4.69) is 4.98 Å². The zero-order chi connectivity index (χ0) is 12.3. The highest BCUT2D eigenvalue weighted by atomic mass is 32.1. The summed E-state index contributed by atoms with van der Waals surface area (Å²) < 4.78 is 4.70. The summed E-state index contributed by atoms with van der Waals surface area (Å²) in [7, 11) is 1.33.